The Bertz CT molecular complexity index is 1110. The van der Waals surface area contributed by atoms with Gasteiger partial charge in [-0.15, -0.1) is 0 Å². The van der Waals surface area contributed by atoms with Gasteiger partial charge in [-0.3, -0.25) is 9.69 Å². The minimum atomic E-state index is -2.85. The van der Waals surface area contributed by atoms with Crippen molar-refractivity contribution >= 4 is 32.9 Å². The molecule has 1 atom stereocenters. The molecule has 5 nitrogen and oxygen atoms in total. The number of likely N-dealkylation sites (tertiary alicyclic amines) is 1. The van der Waals surface area contributed by atoms with Gasteiger partial charge in [0.1, 0.15) is 5.65 Å². The maximum absolute atomic E-state index is 15.1. The van der Waals surface area contributed by atoms with E-state index in [2.05, 4.69) is 20.9 Å². The van der Waals surface area contributed by atoms with Gasteiger partial charge in [-0.1, -0.05) is 12.1 Å². The minimum Gasteiger partial charge on any atom is -0.345 e. The zero-order chi connectivity index (χ0) is 22.3. The molecule has 4 rings (SSSR count). The van der Waals surface area contributed by atoms with E-state index < -0.39 is 11.8 Å². The topological polar surface area (TPSA) is 41.4 Å². The van der Waals surface area contributed by atoms with Crippen LogP contribution in [0.4, 0.5) is 8.78 Å². The number of carbonyl (C=O) groups excluding carboxylic acids is 1. The number of rotatable bonds is 4. The summed E-state index contributed by atoms with van der Waals surface area (Å²) < 4.78 is 33.1. The summed E-state index contributed by atoms with van der Waals surface area (Å²) in [5, 5.41) is 0.981. The first-order chi connectivity index (χ1) is 14.7. The van der Waals surface area contributed by atoms with E-state index in [1.54, 1.807) is 44.6 Å². The average molecular weight is 491 g/mol. The highest BCUT2D eigenvalue weighted by molar-refractivity contribution is 9.10. The maximum Gasteiger partial charge on any atom is 0.267 e. The van der Waals surface area contributed by atoms with E-state index >= 15 is 8.78 Å². The highest BCUT2D eigenvalue weighted by atomic mass is 79.9. The molecule has 31 heavy (non-hydrogen) atoms. The Balaban J connectivity index is 1.49. The number of aryl methyl sites for hydroxylation is 1. The predicted octanol–water partition coefficient (Wildman–Crippen LogP) is 4.66. The Hall–Kier alpha value is -2.32. The van der Waals surface area contributed by atoms with Crippen molar-refractivity contribution in [2.45, 2.75) is 24.8 Å². The molecule has 0 spiro atoms. The fraction of sp³-hybridized carbons (Fsp3) is 0.391. The van der Waals surface area contributed by atoms with Gasteiger partial charge in [0.2, 0.25) is 0 Å². The SMILES string of the molecule is CN(C)C(=O)c1ccc([C@H]2CCN(Cc3cc4c(Br)ccnc4n3C)CC2(F)F)cc1. The van der Waals surface area contributed by atoms with Crippen LogP contribution < -0.4 is 0 Å². The number of amides is 1. The molecule has 1 saturated heterocycles. The van der Waals surface area contributed by atoms with Crippen LogP contribution in [0.25, 0.3) is 11.0 Å². The van der Waals surface area contributed by atoms with Gasteiger partial charge in [-0.05, 0) is 58.7 Å². The van der Waals surface area contributed by atoms with Crippen LogP contribution in [0, 0.1) is 0 Å². The third-order valence-electron chi connectivity index (χ3n) is 6.01. The second kappa shape index (κ2) is 8.31. The monoisotopic (exact) mass is 490 g/mol. The van der Waals surface area contributed by atoms with Crippen LogP contribution in [0.2, 0.25) is 0 Å². The quantitative estimate of drug-likeness (QED) is 0.533. The van der Waals surface area contributed by atoms with Crippen molar-refractivity contribution in [3.05, 3.63) is 63.9 Å². The molecule has 0 aliphatic carbocycles. The van der Waals surface area contributed by atoms with Crippen molar-refractivity contribution in [3.8, 4) is 0 Å². The summed E-state index contributed by atoms with van der Waals surface area (Å²) in [6.45, 7) is 0.721. The van der Waals surface area contributed by atoms with Crippen LogP contribution in [-0.2, 0) is 13.6 Å². The summed E-state index contributed by atoms with van der Waals surface area (Å²) in [5.74, 6) is -3.84. The van der Waals surface area contributed by atoms with E-state index in [9.17, 15) is 4.79 Å². The zero-order valence-corrected chi connectivity index (χ0v) is 19.4. The van der Waals surface area contributed by atoms with E-state index in [0.29, 0.717) is 30.6 Å². The molecule has 2 aromatic heterocycles. The Morgan fingerprint density at radius 3 is 2.58 bits per heavy atom. The summed E-state index contributed by atoms with van der Waals surface area (Å²) in [5.41, 5.74) is 2.87. The van der Waals surface area contributed by atoms with Crippen molar-refractivity contribution < 1.29 is 13.6 Å². The van der Waals surface area contributed by atoms with Crippen LogP contribution in [0.3, 0.4) is 0 Å². The van der Waals surface area contributed by atoms with Crippen molar-refractivity contribution in [3.63, 3.8) is 0 Å². The van der Waals surface area contributed by atoms with Crippen molar-refractivity contribution in [1.29, 1.82) is 0 Å². The van der Waals surface area contributed by atoms with Gasteiger partial charge in [-0.25, -0.2) is 13.8 Å². The number of benzene rings is 1. The summed E-state index contributed by atoms with van der Waals surface area (Å²) in [6.07, 6.45) is 2.09. The number of hydrogen-bond donors (Lipinski definition) is 0. The standard InChI is InChI=1S/C23H25BrF2N4O/c1-28(2)22(31)16-6-4-15(5-7-16)19-9-11-30(14-23(19,25)26)13-17-12-18-20(24)8-10-27-21(18)29(17)3/h4-8,10,12,19H,9,11,13-14H2,1-3H3/t19-/m1/s1. The number of alkyl halides is 2. The second-order valence-electron chi connectivity index (χ2n) is 8.36. The molecule has 3 heterocycles. The number of halogens is 3. The van der Waals surface area contributed by atoms with Gasteiger partial charge < -0.3 is 9.47 Å². The van der Waals surface area contributed by atoms with Crippen molar-refractivity contribution in [1.82, 2.24) is 19.4 Å². The second-order valence-corrected chi connectivity index (χ2v) is 9.21. The molecule has 3 aromatic rings. The zero-order valence-electron chi connectivity index (χ0n) is 17.8. The minimum absolute atomic E-state index is 0.135. The predicted molar refractivity (Wildman–Crippen MR) is 120 cm³/mol. The summed E-state index contributed by atoms with van der Waals surface area (Å²) in [4.78, 5) is 19.7. The molecule has 0 N–H and O–H groups in total. The molecule has 0 saturated carbocycles. The number of aromatic nitrogens is 2. The Morgan fingerprint density at radius 1 is 1.26 bits per heavy atom. The molecule has 1 aliphatic heterocycles. The molecular weight excluding hydrogens is 466 g/mol. The van der Waals surface area contributed by atoms with Crippen LogP contribution in [-0.4, -0.2) is 58.4 Å². The van der Waals surface area contributed by atoms with E-state index in [1.807, 2.05) is 28.6 Å². The largest absolute Gasteiger partial charge is 0.345 e. The van der Waals surface area contributed by atoms with Gasteiger partial charge in [0.15, 0.2) is 0 Å². The average Bonchev–Trinajstić information content (AvgIpc) is 3.04. The van der Waals surface area contributed by atoms with Crippen molar-refractivity contribution in [2.75, 3.05) is 27.2 Å². The summed E-state index contributed by atoms with van der Waals surface area (Å²) in [6, 6.07) is 10.5. The van der Waals surface area contributed by atoms with Gasteiger partial charge in [0, 0.05) is 55.0 Å². The normalized spacial score (nSPS) is 19.0. The number of hydrogen-bond acceptors (Lipinski definition) is 3. The van der Waals surface area contributed by atoms with Crippen LogP contribution in [0.5, 0.6) is 0 Å². The lowest BCUT2D eigenvalue weighted by atomic mass is 9.85. The van der Waals surface area contributed by atoms with E-state index in [-0.39, 0.29) is 12.5 Å². The number of piperidine rings is 1. The molecular formula is C23H25BrF2N4O. The third kappa shape index (κ3) is 4.23. The Morgan fingerprint density at radius 2 is 1.97 bits per heavy atom. The van der Waals surface area contributed by atoms with E-state index in [4.69, 9.17) is 0 Å². The lowest BCUT2D eigenvalue weighted by molar-refractivity contribution is -0.0851. The molecule has 0 bridgehead atoms. The lowest BCUT2D eigenvalue weighted by Gasteiger charge is -2.38. The fourth-order valence-corrected chi connectivity index (χ4v) is 4.70. The van der Waals surface area contributed by atoms with E-state index in [1.165, 1.54) is 4.90 Å². The molecule has 164 valence electrons. The Labute approximate surface area is 188 Å². The first-order valence-electron chi connectivity index (χ1n) is 10.2. The number of pyridine rings is 1. The first-order valence-corrected chi connectivity index (χ1v) is 11.0. The third-order valence-corrected chi connectivity index (χ3v) is 6.70. The fourth-order valence-electron chi connectivity index (χ4n) is 4.29. The molecule has 1 fully saturated rings. The van der Waals surface area contributed by atoms with Crippen LogP contribution in [0.15, 0.2) is 47.1 Å². The number of nitrogens with zero attached hydrogens (tertiary/aromatic N) is 4. The van der Waals surface area contributed by atoms with Gasteiger partial charge in [-0.2, -0.15) is 0 Å². The highest BCUT2D eigenvalue weighted by Gasteiger charge is 2.45. The van der Waals surface area contributed by atoms with Gasteiger partial charge in [0.25, 0.3) is 11.8 Å². The summed E-state index contributed by atoms with van der Waals surface area (Å²) >= 11 is 3.53. The van der Waals surface area contributed by atoms with E-state index in [0.717, 1.165) is 21.2 Å². The lowest BCUT2D eigenvalue weighted by Crippen LogP contribution is -2.47. The van der Waals surface area contributed by atoms with Gasteiger partial charge >= 0.3 is 0 Å². The van der Waals surface area contributed by atoms with Gasteiger partial charge in [0.05, 0.1) is 12.5 Å². The summed E-state index contributed by atoms with van der Waals surface area (Å²) in [7, 11) is 5.26. The molecule has 0 unspecified atom stereocenters. The number of carbonyl (C=O) groups is 1. The maximum atomic E-state index is 15.1. The molecule has 0 radical (unpaired) electrons. The first kappa shape index (κ1) is 21.9. The Kier molecular flexibility index (Phi) is 5.87. The van der Waals surface area contributed by atoms with Crippen LogP contribution >= 0.6 is 15.9 Å². The molecule has 8 heteroatoms. The highest BCUT2D eigenvalue weighted by Crippen LogP contribution is 2.41. The van der Waals surface area contributed by atoms with Crippen molar-refractivity contribution in [2.24, 2.45) is 7.05 Å². The smallest absolute Gasteiger partial charge is 0.267 e. The van der Waals surface area contributed by atoms with Crippen LogP contribution in [0.1, 0.15) is 34.0 Å². The molecule has 1 amide bonds. The molecule has 1 aliphatic rings. The number of fused-ring (bicyclic) bond motifs is 1. The molecule has 1 aromatic carbocycles.